The van der Waals surface area contributed by atoms with Crippen molar-refractivity contribution in [2.45, 2.75) is 113 Å². The average Bonchev–Trinajstić information content (AvgIpc) is 3.00. The van der Waals surface area contributed by atoms with E-state index in [2.05, 4.69) is 26.6 Å². The van der Waals surface area contributed by atoms with Crippen LogP contribution in [-0.4, -0.2) is 145 Å². The molecule has 0 aromatic heterocycles. The zero-order valence-corrected chi connectivity index (χ0v) is 27.6. The van der Waals surface area contributed by atoms with Gasteiger partial charge in [-0.1, -0.05) is 13.8 Å². The Hall–Kier alpha value is -3.53. The lowest BCUT2D eigenvalue weighted by molar-refractivity contribution is -0.243. The van der Waals surface area contributed by atoms with E-state index in [1.54, 1.807) is 13.8 Å². The Morgan fingerprint density at radius 1 is 0.875 bits per heavy atom. The number of carboxylic acids is 1. The number of aliphatic carboxylic acids is 1. The lowest BCUT2D eigenvalue weighted by Gasteiger charge is -2.45. The fourth-order valence-electron chi connectivity index (χ4n) is 5.08. The monoisotopic (exact) mass is 705 g/mol. The molecule has 0 saturated carbocycles. The maximum absolute atomic E-state index is 13.2. The Morgan fingerprint density at radius 3 is 1.98 bits per heavy atom. The van der Waals surface area contributed by atoms with Crippen molar-refractivity contribution in [2.24, 2.45) is 5.92 Å². The van der Waals surface area contributed by atoms with E-state index in [0.29, 0.717) is 0 Å². The lowest BCUT2D eigenvalue weighted by atomic mass is 10.0. The third-order valence-corrected chi connectivity index (χ3v) is 9.34. The molecule has 0 aliphatic carbocycles. The molecule has 3 heterocycles. The maximum atomic E-state index is 13.2. The molecule has 12 atom stereocenters. The highest BCUT2D eigenvalue weighted by atomic mass is 32.2. The number of amides is 5. The number of carboxylic acid groups (broad SMARTS) is 1. The van der Waals surface area contributed by atoms with Crippen LogP contribution in [0.2, 0.25) is 0 Å². The second kappa shape index (κ2) is 16.2. The molecule has 19 nitrogen and oxygen atoms in total. The summed E-state index contributed by atoms with van der Waals surface area (Å²) < 4.78 is 11.3. The van der Waals surface area contributed by atoms with Crippen LogP contribution in [0, 0.1) is 5.92 Å². The van der Waals surface area contributed by atoms with E-state index in [1.165, 1.54) is 20.8 Å². The second-order valence-corrected chi connectivity index (χ2v) is 13.3. The minimum Gasteiger partial charge on any atom is -0.480 e. The molecule has 0 aromatic carbocycles. The quantitative estimate of drug-likeness (QED) is 0.0856. The SMILES string of the molecule is CC(C)[C@H](NC(=O)[C@H](C)NC(=O)[C@@H](NC(=O)[C@@H](NC(=O)[C@@H]1CC2=C(S[C@H]3[C@@H](O2)O[C@H](CO)[C@H](O)[C@@H]3O)C(=O)N1)[C@@H](C)O)[C@@H](C)O)C(=O)O. The van der Waals surface area contributed by atoms with Gasteiger partial charge in [0.2, 0.25) is 29.9 Å². The summed E-state index contributed by atoms with van der Waals surface area (Å²) in [6, 6.07) is -7.21. The molecule has 0 unspecified atom stereocenters. The minimum atomic E-state index is -1.70. The smallest absolute Gasteiger partial charge is 0.326 e. The maximum Gasteiger partial charge on any atom is 0.326 e. The number of hydrogen-bond donors (Lipinski definition) is 11. The summed E-state index contributed by atoms with van der Waals surface area (Å²) in [5.74, 6) is -6.37. The lowest BCUT2D eigenvalue weighted by Crippen LogP contribution is -2.63. The fraction of sp³-hybridized carbons (Fsp3) is 0.714. The van der Waals surface area contributed by atoms with Gasteiger partial charge in [0.1, 0.15) is 64.4 Å². The Labute approximate surface area is 279 Å². The number of rotatable bonds is 13. The second-order valence-electron chi connectivity index (χ2n) is 12.1. The largest absolute Gasteiger partial charge is 0.480 e. The van der Waals surface area contributed by atoms with Crippen LogP contribution in [-0.2, 0) is 38.2 Å². The summed E-state index contributed by atoms with van der Waals surface area (Å²) in [6.45, 7) is 6.13. The van der Waals surface area contributed by atoms with E-state index >= 15 is 0 Å². The van der Waals surface area contributed by atoms with Crippen molar-refractivity contribution in [3.8, 4) is 0 Å². The third kappa shape index (κ3) is 8.92. The molecular weight excluding hydrogens is 662 g/mol. The summed E-state index contributed by atoms with van der Waals surface area (Å²) in [6.07, 6.45) is -8.48. The normalized spacial score (nSPS) is 28.9. The van der Waals surface area contributed by atoms with Crippen molar-refractivity contribution < 1.29 is 68.9 Å². The number of aliphatic hydroxyl groups excluding tert-OH is 5. The Bertz CT molecular complexity index is 1290. The minimum absolute atomic E-state index is 0.0237. The Balaban J connectivity index is 1.66. The zero-order chi connectivity index (χ0) is 36.2. The molecule has 11 N–H and O–H groups in total. The van der Waals surface area contributed by atoms with E-state index in [0.717, 1.165) is 11.8 Å². The van der Waals surface area contributed by atoms with Crippen LogP contribution in [0.15, 0.2) is 10.7 Å². The number of carbonyl (C=O) groups excluding carboxylic acids is 5. The number of thioether (sulfide) groups is 1. The molecular formula is C28H43N5O14S. The summed E-state index contributed by atoms with van der Waals surface area (Å²) in [5.41, 5.74) is 0. The number of carbonyl (C=O) groups is 6. The van der Waals surface area contributed by atoms with Crippen LogP contribution in [0.1, 0.15) is 41.0 Å². The molecule has 3 aliphatic rings. The summed E-state index contributed by atoms with van der Waals surface area (Å²) in [7, 11) is 0. The van der Waals surface area contributed by atoms with E-state index in [4.69, 9.17) is 9.47 Å². The van der Waals surface area contributed by atoms with Gasteiger partial charge in [-0.25, -0.2) is 4.79 Å². The molecule has 1 fully saturated rings. The first-order valence-corrected chi connectivity index (χ1v) is 16.1. The van der Waals surface area contributed by atoms with Crippen LogP contribution in [0.4, 0.5) is 0 Å². The zero-order valence-electron chi connectivity index (χ0n) is 26.8. The summed E-state index contributed by atoms with van der Waals surface area (Å²) >= 11 is 0.870. The molecule has 3 rings (SSSR count). The van der Waals surface area contributed by atoms with Gasteiger partial charge in [0.25, 0.3) is 5.91 Å². The van der Waals surface area contributed by atoms with Crippen LogP contribution in [0.3, 0.4) is 0 Å². The van der Waals surface area contributed by atoms with Crippen molar-refractivity contribution in [3.63, 3.8) is 0 Å². The summed E-state index contributed by atoms with van der Waals surface area (Å²) in [4.78, 5) is 76.2. The van der Waals surface area contributed by atoms with Gasteiger partial charge in [0, 0.05) is 6.42 Å². The highest BCUT2D eigenvalue weighted by molar-refractivity contribution is 8.04. The first-order chi connectivity index (χ1) is 22.4. The fourth-order valence-corrected chi connectivity index (χ4v) is 6.31. The standard InChI is InChI=1S/C28H43N5O14S/c1-8(2)15(27(44)45)31-22(39)9(3)29-24(41)16(10(4)35)33-25(42)17(11(5)36)32-23(40)12-6-13-20(26(43)30-12)48-21-19(38)18(37)14(7-34)47-28(21)46-13/h8-12,14-19,21,28,34-38H,6-7H2,1-5H3,(H,29,41)(H,30,43)(H,31,39)(H,32,40)(H,33,42)(H,44,45)/t9-,10+,11+,12-,14+,15-,16-,17-,18-,19-,21+,28-/m0/s1. The number of aliphatic hydroxyl groups is 5. The third-order valence-electron chi connectivity index (χ3n) is 7.92. The van der Waals surface area contributed by atoms with Crippen LogP contribution in [0.5, 0.6) is 0 Å². The molecule has 0 bridgehead atoms. The van der Waals surface area contributed by atoms with Crippen molar-refractivity contribution in [3.05, 3.63) is 10.7 Å². The first-order valence-electron chi connectivity index (χ1n) is 15.2. The van der Waals surface area contributed by atoms with Gasteiger partial charge in [-0.15, -0.1) is 11.8 Å². The molecule has 48 heavy (non-hydrogen) atoms. The number of hydrogen-bond acceptors (Lipinski definition) is 14. The van der Waals surface area contributed by atoms with Gasteiger partial charge in [-0.3, -0.25) is 24.0 Å². The predicted molar refractivity (Wildman–Crippen MR) is 163 cm³/mol. The Kier molecular flexibility index (Phi) is 13.2. The van der Waals surface area contributed by atoms with E-state index in [1.807, 2.05) is 0 Å². The molecule has 0 spiro atoms. The highest BCUT2D eigenvalue weighted by Gasteiger charge is 2.51. The average molecular weight is 706 g/mol. The van der Waals surface area contributed by atoms with Crippen LogP contribution >= 0.6 is 11.8 Å². The first kappa shape index (κ1) is 38.9. The molecule has 0 radical (unpaired) electrons. The highest BCUT2D eigenvalue weighted by Crippen LogP contribution is 2.43. The number of fused-ring (bicyclic) bond motifs is 1. The van der Waals surface area contributed by atoms with Crippen molar-refractivity contribution in [1.29, 1.82) is 0 Å². The molecule has 20 heteroatoms. The summed E-state index contributed by atoms with van der Waals surface area (Å²) in [5, 5.41) is 70.6. The number of nitrogens with one attached hydrogen (secondary N) is 5. The predicted octanol–water partition coefficient (Wildman–Crippen LogP) is -4.88. The van der Waals surface area contributed by atoms with Crippen molar-refractivity contribution in [1.82, 2.24) is 26.6 Å². The number of ether oxygens (including phenoxy) is 2. The molecule has 1 saturated heterocycles. The van der Waals surface area contributed by atoms with Gasteiger partial charge in [0.15, 0.2) is 0 Å². The van der Waals surface area contributed by atoms with Crippen molar-refractivity contribution >= 4 is 47.3 Å². The van der Waals surface area contributed by atoms with E-state index < -0.39 is 120 Å². The van der Waals surface area contributed by atoms with Crippen LogP contribution < -0.4 is 26.6 Å². The van der Waals surface area contributed by atoms with Crippen LogP contribution in [0.25, 0.3) is 0 Å². The van der Waals surface area contributed by atoms with E-state index in [9.17, 15) is 59.4 Å². The van der Waals surface area contributed by atoms with Crippen molar-refractivity contribution in [2.75, 3.05) is 6.61 Å². The molecule has 5 amide bonds. The molecule has 0 aromatic rings. The van der Waals surface area contributed by atoms with Gasteiger partial charge in [0.05, 0.1) is 18.8 Å². The molecule has 3 aliphatic heterocycles. The topological polar surface area (TPSA) is 302 Å². The molecule has 270 valence electrons. The Morgan fingerprint density at radius 2 is 1.44 bits per heavy atom. The van der Waals surface area contributed by atoms with E-state index in [-0.39, 0.29) is 17.1 Å². The van der Waals surface area contributed by atoms with Gasteiger partial charge in [-0.05, 0) is 26.7 Å². The van der Waals surface area contributed by atoms with Gasteiger partial charge in [-0.2, -0.15) is 0 Å². The van der Waals surface area contributed by atoms with Gasteiger partial charge >= 0.3 is 5.97 Å². The van der Waals surface area contributed by atoms with Gasteiger partial charge < -0.3 is 66.7 Å².